The van der Waals surface area contributed by atoms with Crippen molar-refractivity contribution in [3.63, 3.8) is 0 Å². The quantitative estimate of drug-likeness (QED) is 0.296. The number of nitrogens with zero attached hydrogens (tertiary/aromatic N) is 1. The van der Waals surface area contributed by atoms with Gasteiger partial charge in [-0.3, -0.25) is 9.59 Å². The summed E-state index contributed by atoms with van der Waals surface area (Å²) in [6, 6.07) is 12.1. The minimum absolute atomic E-state index is 0.0680. The molecule has 0 saturated heterocycles. The molecular formula is C31H31ClN2O6S. The van der Waals surface area contributed by atoms with Gasteiger partial charge in [0, 0.05) is 12.0 Å². The SMILES string of the molecule is Cc1cc(C)c(Oc2nc(-c3ccc(Cl)c(OCC(C)C)c3)ccc2C(=O)NS(=O)(=O)C2=CC=CCC2=O)c(C)c1. The normalized spacial score (nSPS) is 13.2. The Bertz CT molecular complexity index is 1670. The van der Waals surface area contributed by atoms with E-state index in [9.17, 15) is 18.0 Å². The van der Waals surface area contributed by atoms with Crippen LogP contribution in [0.25, 0.3) is 11.3 Å². The topological polar surface area (TPSA) is 112 Å². The summed E-state index contributed by atoms with van der Waals surface area (Å²) in [5.74, 6) is -0.430. The molecule has 0 atom stereocenters. The number of pyridine rings is 1. The minimum atomic E-state index is -4.43. The molecule has 1 aromatic heterocycles. The number of rotatable bonds is 9. The fourth-order valence-corrected chi connectivity index (χ4v) is 5.58. The number of Topliss-reactive ketones (excluding diaryl/α,β-unsaturated/α-hetero) is 1. The summed E-state index contributed by atoms with van der Waals surface area (Å²) in [6.07, 6.45) is 4.10. The fraction of sp³-hybridized carbons (Fsp3) is 0.258. The van der Waals surface area contributed by atoms with Gasteiger partial charge in [0.1, 0.15) is 22.0 Å². The lowest BCUT2D eigenvalue weighted by Gasteiger charge is -2.17. The molecule has 1 aliphatic carbocycles. The van der Waals surface area contributed by atoms with Crippen LogP contribution in [0, 0.1) is 26.7 Å². The molecule has 1 N–H and O–H groups in total. The van der Waals surface area contributed by atoms with Crippen LogP contribution in [0.3, 0.4) is 0 Å². The maximum absolute atomic E-state index is 13.3. The molecule has 0 radical (unpaired) electrons. The van der Waals surface area contributed by atoms with Gasteiger partial charge in [-0.05, 0) is 68.2 Å². The van der Waals surface area contributed by atoms with E-state index in [2.05, 4.69) is 4.98 Å². The van der Waals surface area contributed by atoms with E-state index in [1.54, 1.807) is 30.3 Å². The van der Waals surface area contributed by atoms with Crippen molar-refractivity contribution in [3.8, 4) is 28.6 Å². The highest BCUT2D eigenvalue weighted by Gasteiger charge is 2.29. The van der Waals surface area contributed by atoms with Gasteiger partial charge < -0.3 is 9.47 Å². The van der Waals surface area contributed by atoms with Gasteiger partial charge in [-0.2, -0.15) is 0 Å². The van der Waals surface area contributed by atoms with Crippen molar-refractivity contribution < 1.29 is 27.5 Å². The Labute approximate surface area is 245 Å². The molecule has 2 aromatic carbocycles. The van der Waals surface area contributed by atoms with E-state index in [0.29, 0.717) is 40.3 Å². The van der Waals surface area contributed by atoms with Crippen LogP contribution in [-0.2, 0) is 14.8 Å². The number of hydrogen-bond acceptors (Lipinski definition) is 7. The number of aryl methyl sites for hydroxylation is 3. The number of carbonyl (C=O) groups is 2. The first-order chi connectivity index (χ1) is 19.4. The molecule has 4 rings (SSSR count). The Morgan fingerprint density at radius 2 is 1.78 bits per heavy atom. The molecule has 1 aliphatic rings. The van der Waals surface area contributed by atoms with E-state index in [-0.39, 0.29) is 17.9 Å². The standard InChI is InChI=1S/C31H31ClN2O6S/c1-18(2)17-39-27-16-22(10-12-24(27)32)25-13-11-23(30(36)34-41(37,38)28-9-7-6-8-26(28)35)31(33-25)40-29-20(4)14-19(3)15-21(29)5/h6-7,9-16,18H,8,17H2,1-5H3,(H,34,36). The summed E-state index contributed by atoms with van der Waals surface area (Å²) < 4.78 is 39.9. The van der Waals surface area contributed by atoms with Crippen LogP contribution in [0.15, 0.2) is 65.6 Å². The second-order valence-electron chi connectivity index (χ2n) is 10.3. The van der Waals surface area contributed by atoms with Gasteiger partial charge in [0.25, 0.3) is 15.9 Å². The van der Waals surface area contributed by atoms with Crippen LogP contribution < -0.4 is 14.2 Å². The van der Waals surface area contributed by atoms with Gasteiger partial charge in [-0.25, -0.2) is 18.1 Å². The van der Waals surface area contributed by atoms with Crippen LogP contribution in [-0.4, -0.2) is 31.7 Å². The van der Waals surface area contributed by atoms with Gasteiger partial charge in [-0.15, -0.1) is 0 Å². The molecule has 8 nitrogen and oxygen atoms in total. The predicted molar refractivity (Wildman–Crippen MR) is 159 cm³/mol. The Kier molecular flexibility index (Phi) is 8.99. The van der Waals surface area contributed by atoms with E-state index in [1.165, 1.54) is 18.2 Å². The number of aromatic nitrogens is 1. The van der Waals surface area contributed by atoms with Gasteiger partial charge >= 0.3 is 0 Å². The van der Waals surface area contributed by atoms with E-state index >= 15 is 0 Å². The van der Waals surface area contributed by atoms with Crippen LogP contribution in [0.4, 0.5) is 0 Å². The van der Waals surface area contributed by atoms with Crippen molar-refractivity contribution in [1.82, 2.24) is 9.71 Å². The number of ether oxygens (including phenoxy) is 2. The molecule has 10 heteroatoms. The molecule has 214 valence electrons. The number of carbonyl (C=O) groups excluding carboxylic acids is 2. The molecule has 0 aliphatic heterocycles. The first-order valence-electron chi connectivity index (χ1n) is 13.0. The van der Waals surface area contributed by atoms with E-state index in [4.69, 9.17) is 21.1 Å². The van der Waals surface area contributed by atoms with Crippen molar-refractivity contribution in [3.05, 3.63) is 92.9 Å². The monoisotopic (exact) mass is 594 g/mol. The zero-order valence-corrected chi connectivity index (χ0v) is 25.0. The van der Waals surface area contributed by atoms with Crippen LogP contribution in [0.1, 0.15) is 47.3 Å². The first-order valence-corrected chi connectivity index (χ1v) is 14.9. The number of benzene rings is 2. The second kappa shape index (κ2) is 12.3. The van der Waals surface area contributed by atoms with Crippen molar-refractivity contribution in [2.75, 3.05) is 6.61 Å². The summed E-state index contributed by atoms with van der Waals surface area (Å²) in [4.78, 5) is 29.7. The van der Waals surface area contributed by atoms with Crippen LogP contribution >= 0.6 is 11.6 Å². The molecule has 0 saturated carbocycles. The largest absolute Gasteiger partial charge is 0.492 e. The maximum Gasteiger partial charge on any atom is 0.270 e. The fourth-order valence-electron chi connectivity index (χ4n) is 4.30. The molecule has 0 spiro atoms. The smallest absolute Gasteiger partial charge is 0.270 e. The highest BCUT2D eigenvalue weighted by atomic mass is 35.5. The number of halogens is 1. The highest BCUT2D eigenvalue weighted by Crippen LogP contribution is 2.35. The van der Waals surface area contributed by atoms with Gasteiger partial charge in [0.05, 0.1) is 17.3 Å². The van der Waals surface area contributed by atoms with Crippen molar-refractivity contribution in [1.29, 1.82) is 0 Å². The summed E-state index contributed by atoms with van der Waals surface area (Å²) in [5, 5.41) is 0.444. The maximum atomic E-state index is 13.3. The van der Waals surface area contributed by atoms with Crippen molar-refractivity contribution >= 4 is 33.3 Å². The molecule has 0 fully saturated rings. The van der Waals surface area contributed by atoms with Gasteiger partial charge in [0.15, 0.2) is 5.78 Å². The third kappa shape index (κ3) is 7.04. The zero-order chi connectivity index (χ0) is 29.9. The number of ketones is 1. The first kappa shape index (κ1) is 30.0. The summed E-state index contributed by atoms with van der Waals surface area (Å²) in [6.45, 7) is 10.2. The van der Waals surface area contributed by atoms with Gasteiger partial charge in [-0.1, -0.05) is 61.4 Å². The molecular weight excluding hydrogens is 564 g/mol. The Balaban J connectivity index is 1.77. The summed E-state index contributed by atoms with van der Waals surface area (Å²) in [5.41, 5.74) is 3.64. The summed E-state index contributed by atoms with van der Waals surface area (Å²) >= 11 is 6.34. The minimum Gasteiger partial charge on any atom is -0.492 e. The lowest BCUT2D eigenvalue weighted by molar-refractivity contribution is -0.114. The van der Waals surface area contributed by atoms with Crippen molar-refractivity contribution in [2.24, 2.45) is 5.92 Å². The molecule has 1 amide bonds. The molecule has 0 unspecified atom stereocenters. The summed E-state index contributed by atoms with van der Waals surface area (Å²) in [7, 11) is -4.43. The number of sulfonamides is 1. The number of hydrogen-bond donors (Lipinski definition) is 1. The Hall–Kier alpha value is -3.95. The number of nitrogens with one attached hydrogen (secondary N) is 1. The number of allylic oxidation sites excluding steroid dienone is 4. The molecule has 3 aromatic rings. The van der Waals surface area contributed by atoms with Gasteiger partial charge in [0.2, 0.25) is 5.88 Å². The Morgan fingerprint density at radius 1 is 1.07 bits per heavy atom. The zero-order valence-electron chi connectivity index (χ0n) is 23.4. The molecule has 0 bridgehead atoms. The highest BCUT2D eigenvalue weighted by molar-refractivity contribution is 7.95. The average Bonchev–Trinajstić information content (AvgIpc) is 2.90. The van der Waals surface area contributed by atoms with Crippen LogP contribution in [0.2, 0.25) is 5.02 Å². The Morgan fingerprint density at radius 3 is 2.44 bits per heavy atom. The second-order valence-corrected chi connectivity index (χ2v) is 12.3. The van der Waals surface area contributed by atoms with Crippen LogP contribution in [0.5, 0.6) is 17.4 Å². The molecule has 1 heterocycles. The lowest BCUT2D eigenvalue weighted by atomic mass is 10.1. The van der Waals surface area contributed by atoms with Crippen molar-refractivity contribution in [2.45, 2.75) is 41.0 Å². The van der Waals surface area contributed by atoms with E-state index in [1.807, 2.05) is 51.5 Å². The third-order valence-electron chi connectivity index (χ3n) is 6.19. The average molecular weight is 595 g/mol. The van der Waals surface area contributed by atoms with E-state index < -0.39 is 26.6 Å². The lowest BCUT2D eigenvalue weighted by Crippen LogP contribution is -2.34. The third-order valence-corrected chi connectivity index (χ3v) is 7.89. The number of amides is 1. The predicted octanol–water partition coefficient (Wildman–Crippen LogP) is 6.63. The van der Waals surface area contributed by atoms with E-state index in [0.717, 1.165) is 16.7 Å². The molecule has 41 heavy (non-hydrogen) atoms.